The fraction of sp³-hybridized carbons (Fsp3) is 0.533. The van der Waals surface area contributed by atoms with Crippen molar-refractivity contribution in [2.24, 2.45) is 5.92 Å². The van der Waals surface area contributed by atoms with Crippen molar-refractivity contribution < 1.29 is 4.79 Å². The standard InChI is InChI=1S/C15H21BrN2O/c1-12-5-8-18(9-6-12)10-7-17-15(19)13-3-2-4-14(16)11-13/h2-4,11-12H,5-10H2,1H3,(H,17,19). The van der Waals surface area contributed by atoms with Crippen LogP contribution in [0.1, 0.15) is 30.1 Å². The molecule has 0 aromatic heterocycles. The highest BCUT2D eigenvalue weighted by molar-refractivity contribution is 9.10. The van der Waals surface area contributed by atoms with Crippen molar-refractivity contribution in [3.8, 4) is 0 Å². The predicted molar refractivity (Wildman–Crippen MR) is 81.3 cm³/mol. The highest BCUT2D eigenvalue weighted by atomic mass is 79.9. The van der Waals surface area contributed by atoms with Crippen LogP contribution in [-0.4, -0.2) is 37.0 Å². The van der Waals surface area contributed by atoms with E-state index in [1.165, 1.54) is 12.8 Å². The molecule has 0 spiro atoms. The van der Waals surface area contributed by atoms with Crippen molar-refractivity contribution >= 4 is 21.8 Å². The van der Waals surface area contributed by atoms with E-state index < -0.39 is 0 Å². The van der Waals surface area contributed by atoms with Crippen LogP contribution >= 0.6 is 15.9 Å². The summed E-state index contributed by atoms with van der Waals surface area (Å²) in [6.07, 6.45) is 2.55. The molecule has 1 aromatic carbocycles. The van der Waals surface area contributed by atoms with Gasteiger partial charge in [-0.15, -0.1) is 0 Å². The number of hydrogen-bond acceptors (Lipinski definition) is 2. The lowest BCUT2D eigenvalue weighted by Gasteiger charge is -2.30. The summed E-state index contributed by atoms with van der Waals surface area (Å²) < 4.78 is 0.935. The highest BCUT2D eigenvalue weighted by Crippen LogP contribution is 2.15. The molecule has 4 heteroatoms. The molecular formula is C15H21BrN2O. The van der Waals surface area contributed by atoms with Gasteiger partial charge in [-0.2, -0.15) is 0 Å². The lowest BCUT2D eigenvalue weighted by molar-refractivity contribution is 0.0944. The van der Waals surface area contributed by atoms with Gasteiger partial charge >= 0.3 is 0 Å². The van der Waals surface area contributed by atoms with Crippen molar-refractivity contribution in [2.75, 3.05) is 26.2 Å². The monoisotopic (exact) mass is 324 g/mol. The van der Waals surface area contributed by atoms with E-state index in [0.717, 1.165) is 36.6 Å². The summed E-state index contributed by atoms with van der Waals surface area (Å²) in [5.74, 6) is 0.860. The number of rotatable bonds is 4. The number of amides is 1. The molecule has 1 amide bonds. The molecule has 1 N–H and O–H groups in total. The molecule has 1 aliphatic rings. The lowest BCUT2D eigenvalue weighted by Crippen LogP contribution is -2.39. The topological polar surface area (TPSA) is 32.3 Å². The normalized spacial score (nSPS) is 17.4. The molecular weight excluding hydrogens is 304 g/mol. The molecule has 0 unspecified atom stereocenters. The first-order valence-corrected chi connectivity index (χ1v) is 7.70. The average Bonchev–Trinajstić information content (AvgIpc) is 2.41. The molecule has 2 rings (SSSR count). The minimum absolute atomic E-state index is 0.00618. The van der Waals surface area contributed by atoms with Crippen LogP contribution in [0.15, 0.2) is 28.7 Å². The number of benzene rings is 1. The first-order chi connectivity index (χ1) is 9.15. The number of piperidine rings is 1. The Kier molecular flexibility index (Phi) is 5.40. The van der Waals surface area contributed by atoms with Gasteiger partial charge < -0.3 is 10.2 Å². The van der Waals surface area contributed by atoms with E-state index >= 15 is 0 Å². The molecule has 0 radical (unpaired) electrons. The van der Waals surface area contributed by atoms with Crippen molar-refractivity contribution in [1.29, 1.82) is 0 Å². The zero-order valence-electron chi connectivity index (χ0n) is 11.4. The summed E-state index contributed by atoms with van der Waals surface area (Å²) in [6.45, 7) is 6.31. The molecule has 1 saturated heterocycles. The van der Waals surface area contributed by atoms with Gasteiger partial charge in [0.15, 0.2) is 0 Å². The van der Waals surface area contributed by atoms with Crippen molar-refractivity contribution in [3.63, 3.8) is 0 Å². The van der Waals surface area contributed by atoms with Gasteiger partial charge in [0.1, 0.15) is 0 Å². The zero-order chi connectivity index (χ0) is 13.7. The fourth-order valence-corrected chi connectivity index (χ4v) is 2.74. The van der Waals surface area contributed by atoms with E-state index in [9.17, 15) is 4.79 Å². The number of carbonyl (C=O) groups excluding carboxylic acids is 1. The van der Waals surface area contributed by atoms with Crippen LogP contribution in [0.5, 0.6) is 0 Å². The molecule has 19 heavy (non-hydrogen) atoms. The summed E-state index contributed by atoms with van der Waals surface area (Å²) >= 11 is 3.38. The van der Waals surface area contributed by atoms with Crippen LogP contribution < -0.4 is 5.32 Å². The summed E-state index contributed by atoms with van der Waals surface area (Å²) in [7, 11) is 0. The molecule has 0 aliphatic carbocycles. The van der Waals surface area contributed by atoms with E-state index in [1.54, 1.807) is 0 Å². The maximum absolute atomic E-state index is 11.9. The first-order valence-electron chi connectivity index (χ1n) is 6.91. The van der Waals surface area contributed by atoms with E-state index in [2.05, 4.69) is 33.1 Å². The van der Waals surface area contributed by atoms with Crippen LogP contribution in [0, 0.1) is 5.92 Å². The Morgan fingerprint density at radius 3 is 2.84 bits per heavy atom. The smallest absolute Gasteiger partial charge is 0.251 e. The van der Waals surface area contributed by atoms with Gasteiger partial charge in [-0.3, -0.25) is 4.79 Å². The second-order valence-corrected chi connectivity index (χ2v) is 6.21. The molecule has 104 valence electrons. The molecule has 1 fully saturated rings. The van der Waals surface area contributed by atoms with Crippen LogP contribution in [0.3, 0.4) is 0 Å². The average molecular weight is 325 g/mol. The van der Waals surface area contributed by atoms with Gasteiger partial charge in [-0.05, 0) is 50.0 Å². The van der Waals surface area contributed by atoms with Crippen LogP contribution in [0.2, 0.25) is 0 Å². The van der Waals surface area contributed by atoms with Crippen LogP contribution in [0.4, 0.5) is 0 Å². The third kappa shape index (κ3) is 4.62. The van der Waals surface area contributed by atoms with Gasteiger partial charge in [-0.1, -0.05) is 28.9 Å². The van der Waals surface area contributed by atoms with E-state index in [0.29, 0.717) is 5.56 Å². The number of likely N-dealkylation sites (tertiary alicyclic amines) is 1. The third-order valence-corrected chi connectivity index (χ3v) is 4.17. The summed E-state index contributed by atoms with van der Waals surface area (Å²) in [5.41, 5.74) is 0.710. The number of halogens is 1. The Morgan fingerprint density at radius 2 is 2.16 bits per heavy atom. The molecule has 1 aliphatic heterocycles. The molecule has 0 saturated carbocycles. The highest BCUT2D eigenvalue weighted by Gasteiger charge is 2.15. The second-order valence-electron chi connectivity index (χ2n) is 5.29. The Labute approximate surface area is 123 Å². The molecule has 1 aromatic rings. The van der Waals surface area contributed by atoms with E-state index in [1.807, 2.05) is 24.3 Å². The molecule has 0 atom stereocenters. The van der Waals surface area contributed by atoms with Gasteiger partial charge in [0, 0.05) is 23.1 Å². The Hall–Kier alpha value is -0.870. The van der Waals surface area contributed by atoms with Gasteiger partial charge in [0.25, 0.3) is 5.91 Å². The van der Waals surface area contributed by atoms with Crippen molar-refractivity contribution in [2.45, 2.75) is 19.8 Å². The quantitative estimate of drug-likeness (QED) is 0.923. The fourth-order valence-electron chi connectivity index (χ4n) is 2.34. The van der Waals surface area contributed by atoms with Gasteiger partial charge in [-0.25, -0.2) is 0 Å². The van der Waals surface area contributed by atoms with Gasteiger partial charge in [0.2, 0.25) is 0 Å². The number of carbonyl (C=O) groups is 1. The molecule has 3 nitrogen and oxygen atoms in total. The van der Waals surface area contributed by atoms with Crippen LogP contribution in [-0.2, 0) is 0 Å². The summed E-state index contributed by atoms with van der Waals surface area (Å²) in [4.78, 5) is 14.4. The van der Waals surface area contributed by atoms with Crippen molar-refractivity contribution in [1.82, 2.24) is 10.2 Å². The minimum Gasteiger partial charge on any atom is -0.351 e. The maximum Gasteiger partial charge on any atom is 0.251 e. The summed E-state index contributed by atoms with van der Waals surface area (Å²) in [5, 5.41) is 2.98. The first kappa shape index (κ1) is 14.5. The predicted octanol–water partition coefficient (Wildman–Crippen LogP) is 2.91. The van der Waals surface area contributed by atoms with E-state index in [-0.39, 0.29) is 5.91 Å². The molecule has 1 heterocycles. The Balaban J connectivity index is 1.72. The number of nitrogens with zero attached hydrogens (tertiary/aromatic N) is 1. The van der Waals surface area contributed by atoms with Gasteiger partial charge in [0.05, 0.1) is 0 Å². The summed E-state index contributed by atoms with van der Waals surface area (Å²) in [6, 6.07) is 7.48. The second kappa shape index (κ2) is 7.06. The molecule has 0 bridgehead atoms. The Morgan fingerprint density at radius 1 is 1.42 bits per heavy atom. The Bertz CT molecular complexity index is 428. The lowest BCUT2D eigenvalue weighted by atomic mass is 9.99. The largest absolute Gasteiger partial charge is 0.351 e. The minimum atomic E-state index is 0.00618. The zero-order valence-corrected chi connectivity index (χ0v) is 12.9. The number of hydrogen-bond donors (Lipinski definition) is 1. The maximum atomic E-state index is 11.9. The number of nitrogens with one attached hydrogen (secondary N) is 1. The van der Waals surface area contributed by atoms with Crippen LogP contribution in [0.25, 0.3) is 0 Å². The van der Waals surface area contributed by atoms with Crippen molar-refractivity contribution in [3.05, 3.63) is 34.3 Å². The van der Waals surface area contributed by atoms with E-state index in [4.69, 9.17) is 0 Å². The SMILES string of the molecule is CC1CCN(CCNC(=O)c2cccc(Br)c2)CC1. The third-order valence-electron chi connectivity index (χ3n) is 3.68.